The Hall–Kier alpha value is -1.36. The van der Waals surface area contributed by atoms with Crippen molar-refractivity contribution in [2.75, 3.05) is 38.1 Å². The molecule has 0 aliphatic rings. The molecule has 0 saturated carbocycles. The number of anilines is 1. The number of aryl methyl sites for hydroxylation is 1. The molecule has 114 valence electrons. The van der Waals surface area contributed by atoms with Crippen molar-refractivity contribution >= 4 is 5.82 Å². The molecule has 0 aromatic carbocycles. The highest BCUT2D eigenvalue weighted by Crippen LogP contribution is 2.13. The summed E-state index contributed by atoms with van der Waals surface area (Å²) >= 11 is 0. The minimum atomic E-state index is 0.663. The van der Waals surface area contributed by atoms with Gasteiger partial charge in [0.25, 0.3) is 0 Å². The van der Waals surface area contributed by atoms with Crippen molar-refractivity contribution in [2.45, 2.75) is 40.5 Å². The van der Waals surface area contributed by atoms with E-state index in [4.69, 9.17) is 4.74 Å². The van der Waals surface area contributed by atoms with Gasteiger partial charge in [0.1, 0.15) is 11.6 Å². The molecule has 0 bridgehead atoms. The number of unbranched alkanes of at least 4 members (excludes halogenated alkanes) is 1. The predicted molar refractivity (Wildman–Crippen MR) is 83.4 cm³/mol. The van der Waals surface area contributed by atoms with Crippen molar-refractivity contribution in [3.8, 4) is 5.88 Å². The summed E-state index contributed by atoms with van der Waals surface area (Å²) in [5, 5.41) is 3.34. The summed E-state index contributed by atoms with van der Waals surface area (Å²) in [7, 11) is 0. The van der Waals surface area contributed by atoms with E-state index in [1.165, 1.54) is 0 Å². The molecule has 0 unspecified atom stereocenters. The molecular formula is C15H28N4O. The number of likely N-dealkylation sites (N-methyl/N-ethyl adjacent to an activating group) is 1. The summed E-state index contributed by atoms with van der Waals surface area (Å²) in [5.74, 6) is 2.25. The van der Waals surface area contributed by atoms with Gasteiger partial charge in [-0.05, 0) is 26.4 Å². The Labute approximate surface area is 122 Å². The lowest BCUT2D eigenvalue weighted by Crippen LogP contribution is -2.28. The van der Waals surface area contributed by atoms with Gasteiger partial charge in [-0.15, -0.1) is 0 Å². The first-order chi connectivity index (χ1) is 9.69. The van der Waals surface area contributed by atoms with Crippen molar-refractivity contribution in [1.82, 2.24) is 14.9 Å². The van der Waals surface area contributed by atoms with Gasteiger partial charge in [-0.3, -0.25) is 0 Å². The molecule has 1 N–H and O–H groups in total. The number of rotatable bonds is 10. The fourth-order valence-electron chi connectivity index (χ4n) is 1.91. The van der Waals surface area contributed by atoms with Crippen LogP contribution in [-0.2, 0) is 0 Å². The van der Waals surface area contributed by atoms with Crippen LogP contribution in [0.2, 0.25) is 0 Å². The zero-order chi connectivity index (χ0) is 14.8. The Balaban J connectivity index is 2.48. The first-order valence-corrected chi connectivity index (χ1v) is 7.64. The molecule has 0 fully saturated rings. The molecule has 0 amide bonds. The third kappa shape index (κ3) is 6.19. The highest BCUT2D eigenvalue weighted by molar-refractivity contribution is 5.38. The molecule has 0 radical (unpaired) electrons. The average molecular weight is 280 g/mol. The quantitative estimate of drug-likeness (QED) is 0.668. The van der Waals surface area contributed by atoms with E-state index in [9.17, 15) is 0 Å². The summed E-state index contributed by atoms with van der Waals surface area (Å²) in [6.45, 7) is 13.2. The van der Waals surface area contributed by atoms with E-state index >= 15 is 0 Å². The van der Waals surface area contributed by atoms with Gasteiger partial charge < -0.3 is 15.0 Å². The first-order valence-electron chi connectivity index (χ1n) is 7.64. The third-order valence-corrected chi connectivity index (χ3v) is 3.19. The van der Waals surface area contributed by atoms with Crippen molar-refractivity contribution < 1.29 is 4.74 Å². The van der Waals surface area contributed by atoms with Gasteiger partial charge in [0, 0.05) is 19.2 Å². The zero-order valence-electron chi connectivity index (χ0n) is 13.3. The average Bonchev–Trinajstić information content (AvgIpc) is 2.43. The van der Waals surface area contributed by atoms with Gasteiger partial charge in [-0.25, -0.2) is 4.98 Å². The van der Waals surface area contributed by atoms with Crippen molar-refractivity contribution in [3.63, 3.8) is 0 Å². The van der Waals surface area contributed by atoms with Gasteiger partial charge in [-0.2, -0.15) is 4.98 Å². The molecule has 1 aromatic rings. The lowest BCUT2D eigenvalue weighted by molar-refractivity contribution is 0.296. The molecule has 20 heavy (non-hydrogen) atoms. The Morgan fingerprint density at radius 2 is 1.95 bits per heavy atom. The van der Waals surface area contributed by atoms with E-state index in [2.05, 4.69) is 41.0 Å². The molecule has 5 heteroatoms. The van der Waals surface area contributed by atoms with Gasteiger partial charge in [0.15, 0.2) is 0 Å². The third-order valence-electron chi connectivity index (χ3n) is 3.19. The summed E-state index contributed by atoms with van der Waals surface area (Å²) in [4.78, 5) is 11.1. The van der Waals surface area contributed by atoms with Crippen molar-refractivity contribution in [3.05, 3.63) is 11.9 Å². The van der Waals surface area contributed by atoms with Crippen molar-refractivity contribution in [1.29, 1.82) is 0 Å². The number of nitrogens with one attached hydrogen (secondary N) is 1. The number of ether oxygens (including phenoxy) is 1. The molecule has 5 nitrogen and oxygen atoms in total. The SMILES string of the molecule is CCCCOc1cc(NCCN(CC)CC)nc(C)n1. The predicted octanol–water partition coefficient (Wildman–Crippen LogP) is 2.72. The van der Waals surface area contributed by atoms with Crippen molar-refractivity contribution in [2.24, 2.45) is 0 Å². The molecule has 0 aliphatic carbocycles. The van der Waals surface area contributed by atoms with Crippen LogP contribution in [0.1, 0.15) is 39.4 Å². The Morgan fingerprint density at radius 3 is 2.60 bits per heavy atom. The largest absolute Gasteiger partial charge is 0.478 e. The first kappa shape index (κ1) is 16.7. The minimum absolute atomic E-state index is 0.663. The fraction of sp³-hybridized carbons (Fsp3) is 0.733. The van der Waals surface area contributed by atoms with Gasteiger partial charge >= 0.3 is 0 Å². The number of hydrogen-bond acceptors (Lipinski definition) is 5. The maximum atomic E-state index is 5.64. The second kappa shape index (κ2) is 9.53. The van der Waals surface area contributed by atoms with E-state index in [0.717, 1.165) is 50.7 Å². The number of aromatic nitrogens is 2. The number of nitrogens with zero attached hydrogens (tertiary/aromatic N) is 3. The van der Waals surface area contributed by atoms with Crippen LogP contribution in [0.5, 0.6) is 5.88 Å². The molecule has 0 aliphatic heterocycles. The maximum Gasteiger partial charge on any atom is 0.218 e. The molecule has 1 aromatic heterocycles. The fourth-order valence-corrected chi connectivity index (χ4v) is 1.91. The topological polar surface area (TPSA) is 50.3 Å². The second-order valence-electron chi connectivity index (χ2n) is 4.79. The van der Waals surface area contributed by atoms with Gasteiger partial charge in [0.05, 0.1) is 6.61 Å². The summed E-state index contributed by atoms with van der Waals surface area (Å²) in [6, 6.07) is 1.88. The lowest BCUT2D eigenvalue weighted by atomic mass is 10.4. The second-order valence-corrected chi connectivity index (χ2v) is 4.79. The van der Waals surface area contributed by atoms with Crippen LogP contribution in [0.4, 0.5) is 5.82 Å². The van der Waals surface area contributed by atoms with E-state index in [1.807, 2.05) is 13.0 Å². The van der Waals surface area contributed by atoms with E-state index in [-0.39, 0.29) is 0 Å². The highest BCUT2D eigenvalue weighted by Gasteiger charge is 2.04. The van der Waals surface area contributed by atoms with Gasteiger partial charge in [0.2, 0.25) is 5.88 Å². The Morgan fingerprint density at radius 1 is 1.20 bits per heavy atom. The lowest BCUT2D eigenvalue weighted by Gasteiger charge is -2.18. The summed E-state index contributed by atoms with van der Waals surface area (Å²) in [5.41, 5.74) is 0. The van der Waals surface area contributed by atoms with E-state index in [1.54, 1.807) is 0 Å². The van der Waals surface area contributed by atoms with Crippen LogP contribution in [0.15, 0.2) is 6.07 Å². The van der Waals surface area contributed by atoms with Crippen LogP contribution in [-0.4, -0.2) is 47.7 Å². The number of hydrogen-bond donors (Lipinski definition) is 1. The monoisotopic (exact) mass is 280 g/mol. The van der Waals surface area contributed by atoms with Crippen LogP contribution in [0, 0.1) is 6.92 Å². The van der Waals surface area contributed by atoms with Crippen LogP contribution < -0.4 is 10.1 Å². The van der Waals surface area contributed by atoms with E-state index in [0.29, 0.717) is 12.5 Å². The summed E-state index contributed by atoms with van der Waals surface area (Å²) in [6.07, 6.45) is 2.17. The summed E-state index contributed by atoms with van der Waals surface area (Å²) < 4.78 is 5.64. The standard InChI is InChI=1S/C15H28N4O/c1-5-8-11-20-15-12-14(17-13(4)18-15)16-9-10-19(6-2)7-3/h12H,5-11H2,1-4H3,(H,16,17,18). The van der Waals surface area contributed by atoms with Gasteiger partial charge in [-0.1, -0.05) is 27.2 Å². The minimum Gasteiger partial charge on any atom is -0.478 e. The van der Waals surface area contributed by atoms with Crippen LogP contribution in [0.3, 0.4) is 0 Å². The van der Waals surface area contributed by atoms with Crippen LogP contribution in [0.25, 0.3) is 0 Å². The maximum absolute atomic E-state index is 5.64. The molecular weight excluding hydrogens is 252 g/mol. The Bertz CT molecular complexity index is 380. The molecule has 0 spiro atoms. The Kier molecular flexibility index (Phi) is 7.95. The molecule has 1 heterocycles. The molecule has 0 saturated heterocycles. The smallest absolute Gasteiger partial charge is 0.218 e. The normalized spacial score (nSPS) is 10.8. The molecule has 0 atom stereocenters. The molecule has 1 rings (SSSR count). The van der Waals surface area contributed by atoms with E-state index < -0.39 is 0 Å². The highest BCUT2D eigenvalue weighted by atomic mass is 16.5. The zero-order valence-corrected chi connectivity index (χ0v) is 13.3. The van der Waals surface area contributed by atoms with Crippen LogP contribution >= 0.6 is 0 Å².